The van der Waals surface area contributed by atoms with E-state index in [1.165, 1.54) is 108 Å². The smallest absolute Gasteiger partial charge is 0.204 e. The van der Waals surface area contributed by atoms with E-state index in [0.29, 0.717) is 11.5 Å². The number of methoxy groups -OCH3 is 1. The Morgan fingerprint density at radius 2 is 1.50 bits per heavy atom. The third-order valence-corrected chi connectivity index (χ3v) is 7.59. The predicted molar refractivity (Wildman–Crippen MR) is 169 cm³/mol. The van der Waals surface area contributed by atoms with Crippen LogP contribution in [0.2, 0.25) is 0 Å². The first-order valence-electron chi connectivity index (χ1n) is 15.7. The fourth-order valence-electron chi connectivity index (χ4n) is 5.53. The molecule has 5 nitrogen and oxygen atoms in total. The van der Waals surface area contributed by atoms with Crippen LogP contribution < -0.4 is 16.2 Å². The Hall–Kier alpha value is -2.37. The fraction of sp³-hybridized carbons (Fsp3) is 0.706. The quantitative estimate of drug-likeness (QED) is 0.277. The Kier molecular flexibility index (Phi) is 28.0. The summed E-state index contributed by atoms with van der Waals surface area (Å²) in [5, 5.41) is 0. The van der Waals surface area contributed by atoms with E-state index in [2.05, 4.69) is 25.0 Å². The van der Waals surface area contributed by atoms with Crippen LogP contribution in [0.4, 0.5) is 4.39 Å². The van der Waals surface area contributed by atoms with Gasteiger partial charge in [-0.25, -0.2) is 4.39 Å². The summed E-state index contributed by atoms with van der Waals surface area (Å²) < 4.78 is 18.3. The highest BCUT2D eigenvalue weighted by Gasteiger charge is 2.21. The average molecular weight is 565 g/mol. The molecule has 0 aromatic heterocycles. The molecule has 6 heteroatoms. The standard InChI is InChI=1S/C16H23FO.C13H24O.C2H5N.C2H6.CH3NO/c1-18-16-12-14(10-11-15(16)17)9-5-8-13-6-3-2-4-7-13;1-3-5-11-6-8-12(9-7-11)10-13(14)4-2;1-2-3;1-2;2-1-3/h10-13H,2-9H2,1H3;11-12H,3-10H2,1-2H3;2H,1,3H2;1-2H3;1H,(H2,2,3). The zero-order valence-electron chi connectivity index (χ0n) is 26.4. The number of hydrogen-bond donors (Lipinski definition) is 2. The lowest BCUT2D eigenvalue weighted by Crippen LogP contribution is -2.17. The summed E-state index contributed by atoms with van der Waals surface area (Å²) in [7, 11) is 1.52. The maximum Gasteiger partial charge on any atom is 0.204 e. The Morgan fingerprint density at radius 3 is 2.00 bits per heavy atom. The van der Waals surface area contributed by atoms with Crippen LogP contribution in [0.5, 0.6) is 5.75 Å². The van der Waals surface area contributed by atoms with Gasteiger partial charge in [0.05, 0.1) is 7.11 Å². The molecule has 0 unspecified atom stereocenters. The van der Waals surface area contributed by atoms with Gasteiger partial charge in [0.15, 0.2) is 11.6 Å². The molecule has 0 aliphatic heterocycles. The third-order valence-electron chi connectivity index (χ3n) is 7.59. The Labute approximate surface area is 245 Å². The molecule has 2 saturated carbocycles. The summed E-state index contributed by atoms with van der Waals surface area (Å²) >= 11 is 0. The number of Topliss-reactive ketones (excluding diaryl/α,β-unsaturated/α-hetero) is 1. The van der Waals surface area contributed by atoms with Gasteiger partial charge in [0.2, 0.25) is 6.41 Å². The predicted octanol–water partition coefficient (Wildman–Crippen LogP) is 8.92. The summed E-state index contributed by atoms with van der Waals surface area (Å²) in [6, 6.07) is 5.21. The van der Waals surface area contributed by atoms with Crippen LogP contribution in [0, 0.1) is 23.6 Å². The van der Waals surface area contributed by atoms with Crippen LogP contribution in [-0.2, 0) is 16.0 Å². The van der Waals surface area contributed by atoms with Gasteiger partial charge in [-0.05, 0) is 67.3 Å². The number of primary amides is 1. The van der Waals surface area contributed by atoms with Crippen LogP contribution in [0.1, 0.15) is 130 Å². The van der Waals surface area contributed by atoms with Gasteiger partial charge in [-0.2, -0.15) is 0 Å². The van der Waals surface area contributed by atoms with Crippen LogP contribution in [-0.4, -0.2) is 19.3 Å². The van der Waals surface area contributed by atoms with Crippen molar-refractivity contribution in [3.05, 3.63) is 42.4 Å². The van der Waals surface area contributed by atoms with Crippen molar-refractivity contribution in [2.24, 2.45) is 29.2 Å². The topological polar surface area (TPSA) is 95.4 Å². The minimum Gasteiger partial charge on any atom is -0.494 e. The van der Waals surface area contributed by atoms with Crippen LogP contribution in [0.25, 0.3) is 0 Å². The average Bonchev–Trinajstić information content (AvgIpc) is 2.98. The molecule has 2 fully saturated rings. The zero-order valence-corrected chi connectivity index (χ0v) is 26.4. The third kappa shape index (κ3) is 20.5. The molecule has 0 heterocycles. The maximum atomic E-state index is 13.3. The lowest BCUT2D eigenvalue weighted by Gasteiger charge is -2.27. The summed E-state index contributed by atoms with van der Waals surface area (Å²) in [4.78, 5) is 19.9. The second kappa shape index (κ2) is 28.2. The zero-order chi connectivity index (χ0) is 30.6. The van der Waals surface area contributed by atoms with Gasteiger partial charge in [-0.3, -0.25) is 9.59 Å². The first-order valence-corrected chi connectivity index (χ1v) is 15.7. The number of aryl methyl sites for hydroxylation is 1. The van der Waals surface area contributed by atoms with Gasteiger partial charge >= 0.3 is 0 Å². The molecule has 3 rings (SSSR count). The molecular formula is C34H61FN2O3. The second-order valence-corrected chi connectivity index (χ2v) is 10.5. The number of ketones is 1. The summed E-state index contributed by atoms with van der Waals surface area (Å²) in [5.41, 5.74) is 9.96. The minimum atomic E-state index is -0.270. The number of carbonyl (C=O) groups is 2. The van der Waals surface area contributed by atoms with E-state index in [1.54, 1.807) is 0 Å². The molecule has 2 aliphatic carbocycles. The highest BCUT2D eigenvalue weighted by atomic mass is 19.1. The first kappa shape index (κ1) is 39.8. The van der Waals surface area contributed by atoms with E-state index in [9.17, 15) is 9.18 Å². The van der Waals surface area contributed by atoms with Gasteiger partial charge in [0.1, 0.15) is 5.78 Å². The fourth-order valence-corrected chi connectivity index (χ4v) is 5.53. The number of hydrogen-bond acceptors (Lipinski definition) is 4. The highest BCUT2D eigenvalue weighted by Crippen LogP contribution is 2.33. The van der Waals surface area contributed by atoms with Gasteiger partial charge in [-0.1, -0.05) is 105 Å². The normalized spacial score (nSPS) is 17.9. The molecule has 2 aliphatic rings. The van der Waals surface area contributed by atoms with Crippen molar-refractivity contribution in [1.29, 1.82) is 0 Å². The molecule has 0 spiro atoms. The number of rotatable bonds is 10. The highest BCUT2D eigenvalue weighted by molar-refractivity contribution is 5.78. The van der Waals surface area contributed by atoms with Crippen LogP contribution in [0.15, 0.2) is 31.0 Å². The summed E-state index contributed by atoms with van der Waals surface area (Å²) in [6.07, 6.45) is 21.8. The van der Waals surface area contributed by atoms with E-state index < -0.39 is 0 Å². The van der Waals surface area contributed by atoms with Crippen LogP contribution >= 0.6 is 0 Å². The molecule has 0 saturated heterocycles. The minimum absolute atomic E-state index is 0.250. The Morgan fingerprint density at radius 1 is 0.975 bits per heavy atom. The van der Waals surface area contributed by atoms with E-state index in [-0.39, 0.29) is 12.2 Å². The molecule has 1 amide bonds. The number of ether oxygens (including phenoxy) is 1. The number of nitrogens with two attached hydrogens (primary N) is 2. The van der Waals surface area contributed by atoms with Crippen LogP contribution in [0.3, 0.4) is 0 Å². The van der Waals surface area contributed by atoms with Gasteiger partial charge < -0.3 is 16.2 Å². The molecule has 4 N–H and O–H groups in total. The van der Waals surface area contributed by atoms with E-state index in [4.69, 9.17) is 9.53 Å². The van der Waals surface area contributed by atoms with Gasteiger partial charge in [0, 0.05) is 12.8 Å². The van der Waals surface area contributed by atoms with Crippen molar-refractivity contribution in [2.45, 2.75) is 130 Å². The molecule has 1 aromatic rings. The molecule has 0 atom stereocenters. The van der Waals surface area contributed by atoms with Gasteiger partial charge in [-0.15, -0.1) is 0 Å². The number of benzene rings is 1. The first-order chi connectivity index (χ1) is 19.4. The number of carbonyl (C=O) groups excluding carboxylic acids is 2. The van der Waals surface area contributed by atoms with E-state index >= 15 is 0 Å². The van der Waals surface area contributed by atoms with Crippen molar-refractivity contribution >= 4 is 12.2 Å². The number of amides is 1. The summed E-state index contributed by atoms with van der Waals surface area (Å²) in [5.74, 6) is 3.17. The summed E-state index contributed by atoms with van der Waals surface area (Å²) in [6.45, 7) is 11.4. The monoisotopic (exact) mass is 564 g/mol. The molecule has 40 heavy (non-hydrogen) atoms. The lowest BCUT2D eigenvalue weighted by molar-refractivity contribution is -0.120. The van der Waals surface area contributed by atoms with Crippen molar-refractivity contribution in [3.8, 4) is 5.75 Å². The van der Waals surface area contributed by atoms with Crippen molar-refractivity contribution < 1.29 is 18.7 Å². The largest absolute Gasteiger partial charge is 0.494 e. The van der Waals surface area contributed by atoms with E-state index in [1.807, 2.05) is 32.9 Å². The molecular weight excluding hydrogens is 503 g/mol. The lowest BCUT2D eigenvalue weighted by atomic mass is 9.78. The Bertz CT molecular complexity index is 737. The van der Waals surface area contributed by atoms with Gasteiger partial charge in [0.25, 0.3) is 0 Å². The maximum absolute atomic E-state index is 13.3. The van der Waals surface area contributed by atoms with Crippen molar-refractivity contribution in [1.82, 2.24) is 0 Å². The molecule has 1 aromatic carbocycles. The van der Waals surface area contributed by atoms with Crippen molar-refractivity contribution in [3.63, 3.8) is 0 Å². The molecule has 0 bridgehead atoms. The second-order valence-electron chi connectivity index (χ2n) is 10.5. The van der Waals surface area contributed by atoms with Crippen molar-refractivity contribution in [2.75, 3.05) is 7.11 Å². The number of halogens is 1. The molecule has 0 radical (unpaired) electrons. The van der Waals surface area contributed by atoms with E-state index in [0.717, 1.165) is 37.0 Å². The molecule has 232 valence electrons. The Balaban J connectivity index is 0. The SMILES string of the molecule is C=CN.CC.CCCC1CCC(CC(=O)CC)CC1.COc1cc(CCCC2CCCCC2)ccc1F.NC=O.